The molecule has 0 spiro atoms. The minimum Gasteiger partial charge on any atom is -0.343 e. The van der Waals surface area contributed by atoms with Gasteiger partial charge in [0.2, 0.25) is 0 Å². The molecule has 0 aromatic rings. The summed E-state index contributed by atoms with van der Waals surface area (Å²) in [5.41, 5.74) is 0. The summed E-state index contributed by atoms with van der Waals surface area (Å²) in [4.78, 5) is 0. The molecule has 0 aliphatic heterocycles. The Labute approximate surface area is 135 Å². The second kappa shape index (κ2) is 20.9. The van der Waals surface area contributed by atoms with E-state index in [0.29, 0.717) is 0 Å². The second-order valence-electron chi connectivity index (χ2n) is 5.80. The largest absolute Gasteiger partial charge is 1.00 e. The van der Waals surface area contributed by atoms with Gasteiger partial charge in [0.25, 0.3) is 0 Å². The fraction of sp³-hybridized carbons (Fsp3) is 0.944. The van der Waals surface area contributed by atoms with E-state index in [0.717, 1.165) is 6.42 Å². The number of rotatable bonds is 15. The molecule has 0 aromatic carbocycles. The maximum absolute atomic E-state index is 3.88. The predicted molar refractivity (Wildman–Crippen MR) is 84.9 cm³/mol. The molecule has 0 N–H and O–H groups in total. The van der Waals surface area contributed by atoms with Crippen molar-refractivity contribution in [2.75, 3.05) is 0 Å². The van der Waals surface area contributed by atoms with Gasteiger partial charge >= 0.3 is 18.9 Å². The topological polar surface area (TPSA) is 0 Å². The summed E-state index contributed by atoms with van der Waals surface area (Å²) in [5, 5.41) is 0. The molecule has 0 saturated heterocycles. The Morgan fingerprint density at radius 1 is 0.474 bits per heavy atom. The normalized spacial score (nSPS) is 10.4. The molecule has 0 saturated carbocycles. The van der Waals surface area contributed by atoms with Crippen LogP contribution in [-0.4, -0.2) is 0 Å². The third kappa shape index (κ3) is 21.1. The van der Waals surface area contributed by atoms with Crippen molar-refractivity contribution in [2.45, 2.75) is 110 Å². The average Bonchev–Trinajstić information content (AvgIpc) is 2.39. The number of unbranched alkanes of at least 4 members (excludes halogenated alkanes) is 15. The van der Waals surface area contributed by atoms with E-state index in [4.69, 9.17) is 0 Å². The fourth-order valence-corrected chi connectivity index (χ4v) is 2.55. The van der Waals surface area contributed by atoms with E-state index in [-0.39, 0.29) is 18.9 Å². The van der Waals surface area contributed by atoms with Gasteiger partial charge in [0, 0.05) is 0 Å². The third-order valence-electron chi connectivity index (χ3n) is 3.85. The van der Waals surface area contributed by atoms with Gasteiger partial charge in [0.15, 0.2) is 0 Å². The molecule has 0 atom stereocenters. The molecule has 0 amide bonds. The predicted octanol–water partition coefficient (Wildman–Crippen LogP) is 4.09. The standard InChI is InChI=1S/C18H37.Li/c1-3-5-7-9-11-13-15-17-18-16-14-12-10-8-6-4-2;/h1,3-18H2,2H3;/q-1;+1. The molecule has 19 heavy (non-hydrogen) atoms. The molecule has 0 nitrogen and oxygen atoms in total. The van der Waals surface area contributed by atoms with E-state index in [2.05, 4.69) is 13.8 Å². The van der Waals surface area contributed by atoms with Crippen LogP contribution in [0.2, 0.25) is 0 Å². The van der Waals surface area contributed by atoms with Gasteiger partial charge in [0.05, 0.1) is 0 Å². The third-order valence-corrected chi connectivity index (χ3v) is 3.85. The zero-order chi connectivity index (χ0) is 13.3. The number of hydrogen-bond donors (Lipinski definition) is 0. The molecule has 0 fully saturated rings. The average molecular weight is 260 g/mol. The first-order valence-corrected chi connectivity index (χ1v) is 8.71. The fourth-order valence-electron chi connectivity index (χ4n) is 2.55. The molecule has 0 aliphatic carbocycles. The molecule has 0 bridgehead atoms. The summed E-state index contributed by atoms with van der Waals surface area (Å²) in [7, 11) is 0. The van der Waals surface area contributed by atoms with Crippen LogP contribution in [0.3, 0.4) is 0 Å². The molecule has 110 valence electrons. The molecule has 0 aliphatic rings. The monoisotopic (exact) mass is 260 g/mol. The smallest absolute Gasteiger partial charge is 0.343 e. The van der Waals surface area contributed by atoms with Gasteiger partial charge in [-0.15, -0.1) is 0 Å². The van der Waals surface area contributed by atoms with Crippen molar-refractivity contribution >= 4 is 0 Å². The van der Waals surface area contributed by atoms with Gasteiger partial charge < -0.3 is 6.92 Å². The van der Waals surface area contributed by atoms with E-state index in [9.17, 15) is 0 Å². The molecule has 0 heterocycles. The molecule has 0 rings (SSSR count). The zero-order valence-corrected chi connectivity index (χ0v) is 14.0. The van der Waals surface area contributed by atoms with Gasteiger partial charge in [-0.25, -0.2) is 0 Å². The van der Waals surface area contributed by atoms with Crippen LogP contribution in [0.4, 0.5) is 0 Å². The van der Waals surface area contributed by atoms with Gasteiger partial charge in [-0.05, 0) is 0 Å². The van der Waals surface area contributed by atoms with Crippen LogP contribution in [0.5, 0.6) is 0 Å². The minimum absolute atomic E-state index is 0. The summed E-state index contributed by atoms with van der Waals surface area (Å²) in [6.07, 6.45) is 22.8. The van der Waals surface area contributed by atoms with E-state index in [1.807, 2.05) is 0 Å². The first-order chi connectivity index (χ1) is 8.91. The van der Waals surface area contributed by atoms with Crippen molar-refractivity contribution in [3.8, 4) is 0 Å². The first kappa shape index (κ1) is 21.9. The van der Waals surface area contributed by atoms with Crippen molar-refractivity contribution in [1.82, 2.24) is 0 Å². The van der Waals surface area contributed by atoms with E-state index in [1.165, 1.54) is 96.3 Å². The van der Waals surface area contributed by atoms with Gasteiger partial charge in [-0.3, -0.25) is 0 Å². The molecular weight excluding hydrogens is 223 g/mol. The Bertz CT molecular complexity index is 118. The summed E-state index contributed by atoms with van der Waals surface area (Å²) in [5.74, 6) is 0. The van der Waals surface area contributed by atoms with E-state index in [1.54, 1.807) is 0 Å². The van der Waals surface area contributed by atoms with Crippen LogP contribution in [-0.2, 0) is 0 Å². The Kier molecular flexibility index (Phi) is 24.1. The second-order valence-corrected chi connectivity index (χ2v) is 5.80. The van der Waals surface area contributed by atoms with Gasteiger partial charge in [-0.1, -0.05) is 103 Å². The molecule has 0 unspecified atom stereocenters. The minimum atomic E-state index is 0. The van der Waals surface area contributed by atoms with E-state index >= 15 is 0 Å². The van der Waals surface area contributed by atoms with E-state index < -0.39 is 0 Å². The maximum Gasteiger partial charge on any atom is 1.00 e. The maximum atomic E-state index is 3.88. The quantitative estimate of drug-likeness (QED) is 0.236. The summed E-state index contributed by atoms with van der Waals surface area (Å²) < 4.78 is 0. The molecule has 0 radical (unpaired) electrons. The summed E-state index contributed by atoms with van der Waals surface area (Å²) in [6.45, 7) is 6.18. The van der Waals surface area contributed by atoms with Crippen molar-refractivity contribution in [2.24, 2.45) is 0 Å². The molecular formula is C18H37Li. The van der Waals surface area contributed by atoms with Crippen molar-refractivity contribution < 1.29 is 18.9 Å². The van der Waals surface area contributed by atoms with Crippen LogP contribution >= 0.6 is 0 Å². The van der Waals surface area contributed by atoms with Crippen LogP contribution in [0.25, 0.3) is 0 Å². The van der Waals surface area contributed by atoms with Crippen molar-refractivity contribution in [3.63, 3.8) is 0 Å². The van der Waals surface area contributed by atoms with Crippen LogP contribution in [0.1, 0.15) is 110 Å². The van der Waals surface area contributed by atoms with Gasteiger partial charge in [-0.2, -0.15) is 6.42 Å². The Hall–Kier alpha value is 0.597. The molecule has 0 aromatic heterocycles. The van der Waals surface area contributed by atoms with Crippen LogP contribution in [0, 0.1) is 6.92 Å². The SMILES string of the molecule is [CH2-]CCCCCCCCCCCCCCCCC.[Li+]. The van der Waals surface area contributed by atoms with Crippen LogP contribution < -0.4 is 18.9 Å². The zero-order valence-electron chi connectivity index (χ0n) is 14.0. The summed E-state index contributed by atoms with van der Waals surface area (Å²) >= 11 is 0. The number of hydrogen-bond acceptors (Lipinski definition) is 0. The van der Waals surface area contributed by atoms with Gasteiger partial charge in [0.1, 0.15) is 0 Å². The Morgan fingerprint density at radius 2 is 0.737 bits per heavy atom. The summed E-state index contributed by atoms with van der Waals surface area (Å²) in [6, 6.07) is 0. The van der Waals surface area contributed by atoms with Crippen molar-refractivity contribution in [3.05, 3.63) is 6.92 Å². The Balaban J connectivity index is 0. The molecule has 1 heteroatoms. The van der Waals surface area contributed by atoms with Crippen molar-refractivity contribution in [1.29, 1.82) is 0 Å². The first-order valence-electron chi connectivity index (χ1n) is 8.71. The van der Waals surface area contributed by atoms with Crippen LogP contribution in [0.15, 0.2) is 0 Å². The Morgan fingerprint density at radius 3 is 1.00 bits per heavy atom.